The van der Waals surface area contributed by atoms with Gasteiger partial charge in [0.15, 0.2) is 0 Å². The van der Waals surface area contributed by atoms with E-state index in [4.69, 9.17) is 15.3 Å². The van der Waals surface area contributed by atoms with Crippen molar-refractivity contribution in [1.82, 2.24) is 10.4 Å². The highest BCUT2D eigenvalue weighted by molar-refractivity contribution is 5.93. The van der Waals surface area contributed by atoms with Crippen LogP contribution >= 0.6 is 0 Å². The molecular formula is C15H17N3O3. The Balaban J connectivity index is 1.96. The topological polar surface area (TPSA) is 86.5 Å². The minimum atomic E-state index is -0.373. The van der Waals surface area contributed by atoms with Gasteiger partial charge < -0.3 is 9.47 Å². The second-order valence-corrected chi connectivity index (χ2v) is 4.38. The van der Waals surface area contributed by atoms with Crippen LogP contribution in [0.25, 0.3) is 0 Å². The van der Waals surface area contributed by atoms with Crippen LogP contribution in [-0.4, -0.2) is 18.0 Å². The van der Waals surface area contributed by atoms with Crippen molar-refractivity contribution in [3.63, 3.8) is 0 Å². The summed E-state index contributed by atoms with van der Waals surface area (Å²) in [4.78, 5) is 15.4. The zero-order valence-electron chi connectivity index (χ0n) is 11.7. The van der Waals surface area contributed by atoms with Crippen LogP contribution in [-0.2, 0) is 18.0 Å². The highest BCUT2D eigenvalue weighted by Crippen LogP contribution is 2.15. The van der Waals surface area contributed by atoms with Gasteiger partial charge in [-0.25, -0.2) is 5.84 Å². The molecule has 2 rings (SSSR count). The lowest BCUT2D eigenvalue weighted by Crippen LogP contribution is -2.30. The van der Waals surface area contributed by atoms with Crippen LogP contribution in [0.2, 0.25) is 0 Å². The van der Waals surface area contributed by atoms with E-state index in [1.165, 1.54) is 6.20 Å². The Bertz CT molecular complexity index is 599. The molecule has 1 amide bonds. The molecule has 1 aromatic heterocycles. The molecule has 0 aliphatic rings. The van der Waals surface area contributed by atoms with E-state index >= 15 is 0 Å². The number of methoxy groups -OCH3 is 1. The van der Waals surface area contributed by atoms with Crippen molar-refractivity contribution in [2.24, 2.45) is 5.84 Å². The van der Waals surface area contributed by atoms with Gasteiger partial charge in [-0.3, -0.25) is 15.2 Å². The SMILES string of the molecule is COCc1cccc(OCc2ccc(C(=O)NN)cn2)c1. The smallest absolute Gasteiger partial charge is 0.266 e. The Morgan fingerprint density at radius 3 is 2.81 bits per heavy atom. The molecule has 1 heterocycles. The minimum Gasteiger partial charge on any atom is -0.487 e. The maximum atomic E-state index is 11.3. The highest BCUT2D eigenvalue weighted by atomic mass is 16.5. The van der Waals surface area contributed by atoms with Crippen LogP contribution in [0.5, 0.6) is 5.75 Å². The Labute approximate surface area is 122 Å². The van der Waals surface area contributed by atoms with Crippen molar-refractivity contribution < 1.29 is 14.3 Å². The van der Waals surface area contributed by atoms with Crippen molar-refractivity contribution in [3.05, 3.63) is 59.4 Å². The Kier molecular flexibility index (Phi) is 5.25. The van der Waals surface area contributed by atoms with E-state index in [2.05, 4.69) is 10.4 Å². The number of nitrogens with one attached hydrogen (secondary N) is 1. The Morgan fingerprint density at radius 1 is 1.29 bits per heavy atom. The number of hydrogen-bond acceptors (Lipinski definition) is 5. The van der Waals surface area contributed by atoms with Gasteiger partial charge in [-0.2, -0.15) is 0 Å². The molecule has 0 aliphatic heterocycles. The molecule has 0 bridgehead atoms. The van der Waals surface area contributed by atoms with Crippen molar-refractivity contribution >= 4 is 5.91 Å². The van der Waals surface area contributed by atoms with Gasteiger partial charge >= 0.3 is 0 Å². The highest BCUT2D eigenvalue weighted by Gasteiger charge is 2.04. The summed E-state index contributed by atoms with van der Waals surface area (Å²) in [5.41, 5.74) is 4.22. The number of ether oxygens (including phenoxy) is 2. The van der Waals surface area contributed by atoms with Crippen LogP contribution in [0.3, 0.4) is 0 Å². The molecule has 3 N–H and O–H groups in total. The van der Waals surface area contributed by atoms with Gasteiger partial charge in [0.2, 0.25) is 0 Å². The van der Waals surface area contributed by atoms with Crippen LogP contribution in [0.4, 0.5) is 0 Å². The molecule has 0 radical (unpaired) electrons. The molecule has 0 fully saturated rings. The van der Waals surface area contributed by atoms with Crippen LogP contribution in [0.15, 0.2) is 42.6 Å². The van der Waals surface area contributed by atoms with Gasteiger partial charge in [-0.1, -0.05) is 12.1 Å². The molecule has 6 nitrogen and oxygen atoms in total. The summed E-state index contributed by atoms with van der Waals surface area (Å²) in [6.45, 7) is 0.860. The predicted molar refractivity (Wildman–Crippen MR) is 77.4 cm³/mol. The van der Waals surface area contributed by atoms with Crippen molar-refractivity contribution in [3.8, 4) is 5.75 Å². The van der Waals surface area contributed by atoms with Crippen LogP contribution < -0.4 is 16.0 Å². The summed E-state index contributed by atoms with van der Waals surface area (Å²) in [6.07, 6.45) is 1.46. The third-order valence-electron chi connectivity index (χ3n) is 2.81. The molecule has 21 heavy (non-hydrogen) atoms. The van der Waals surface area contributed by atoms with Gasteiger partial charge in [0.1, 0.15) is 12.4 Å². The van der Waals surface area contributed by atoms with Crippen LogP contribution in [0.1, 0.15) is 21.6 Å². The molecule has 2 aromatic rings. The van der Waals surface area contributed by atoms with E-state index in [0.29, 0.717) is 18.8 Å². The van der Waals surface area contributed by atoms with E-state index < -0.39 is 0 Å². The largest absolute Gasteiger partial charge is 0.487 e. The fourth-order valence-electron chi connectivity index (χ4n) is 1.78. The number of nitrogens with zero attached hydrogens (tertiary/aromatic N) is 1. The third-order valence-corrected chi connectivity index (χ3v) is 2.81. The lowest BCUT2D eigenvalue weighted by molar-refractivity contribution is 0.0953. The van der Waals surface area contributed by atoms with Crippen molar-refractivity contribution in [2.75, 3.05) is 7.11 Å². The molecule has 0 saturated heterocycles. The fourth-order valence-corrected chi connectivity index (χ4v) is 1.78. The number of benzene rings is 1. The van der Waals surface area contributed by atoms with Crippen molar-refractivity contribution in [1.29, 1.82) is 0 Å². The average Bonchev–Trinajstić information content (AvgIpc) is 2.53. The monoisotopic (exact) mass is 287 g/mol. The molecule has 110 valence electrons. The normalized spacial score (nSPS) is 10.2. The van der Waals surface area contributed by atoms with Gasteiger partial charge in [-0.05, 0) is 29.8 Å². The zero-order chi connectivity index (χ0) is 15.1. The van der Waals surface area contributed by atoms with Crippen molar-refractivity contribution in [2.45, 2.75) is 13.2 Å². The van der Waals surface area contributed by atoms with Gasteiger partial charge in [-0.15, -0.1) is 0 Å². The summed E-state index contributed by atoms with van der Waals surface area (Å²) < 4.78 is 10.7. The number of carbonyl (C=O) groups is 1. The molecule has 0 unspecified atom stereocenters. The first kappa shape index (κ1) is 15.0. The summed E-state index contributed by atoms with van der Waals surface area (Å²) in [5, 5.41) is 0. The molecular weight excluding hydrogens is 270 g/mol. The maximum absolute atomic E-state index is 11.3. The predicted octanol–water partition coefficient (Wildman–Crippen LogP) is 1.41. The molecule has 0 saturated carbocycles. The molecule has 1 aromatic carbocycles. The second-order valence-electron chi connectivity index (χ2n) is 4.38. The second kappa shape index (κ2) is 7.37. The third kappa shape index (κ3) is 4.27. The number of nitrogens with two attached hydrogens (primary N) is 1. The number of pyridine rings is 1. The van der Waals surface area contributed by atoms with E-state index in [1.807, 2.05) is 24.3 Å². The standard InChI is InChI=1S/C15H17N3O3/c1-20-9-11-3-2-4-14(7-11)21-10-13-6-5-12(8-17-13)15(19)18-16/h2-8H,9-10,16H2,1H3,(H,18,19). The van der Waals surface area contributed by atoms with Gasteiger partial charge in [0, 0.05) is 13.3 Å². The van der Waals surface area contributed by atoms with Crippen LogP contribution in [0, 0.1) is 0 Å². The average molecular weight is 287 g/mol. The van der Waals surface area contributed by atoms with Gasteiger partial charge in [0.25, 0.3) is 5.91 Å². The molecule has 6 heteroatoms. The number of nitrogen functional groups attached to an aromatic ring is 1. The Hall–Kier alpha value is -2.44. The number of aromatic nitrogens is 1. The minimum absolute atomic E-state index is 0.320. The molecule has 0 spiro atoms. The fraction of sp³-hybridized carbons (Fsp3) is 0.200. The number of amides is 1. The first-order valence-electron chi connectivity index (χ1n) is 6.39. The number of hydrazine groups is 1. The van der Waals surface area contributed by atoms with Gasteiger partial charge in [0.05, 0.1) is 17.9 Å². The van der Waals surface area contributed by atoms with E-state index in [0.717, 1.165) is 17.0 Å². The summed E-state index contributed by atoms with van der Waals surface area (Å²) >= 11 is 0. The number of hydrogen-bond donors (Lipinski definition) is 2. The van der Waals surface area contributed by atoms with E-state index in [1.54, 1.807) is 19.2 Å². The molecule has 0 atom stereocenters. The Morgan fingerprint density at radius 2 is 2.14 bits per heavy atom. The molecule has 0 aliphatic carbocycles. The summed E-state index contributed by atoms with van der Waals surface area (Å²) in [7, 11) is 1.65. The van der Waals surface area contributed by atoms with E-state index in [9.17, 15) is 4.79 Å². The quantitative estimate of drug-likeness (QED) is 0.476. The number of carbonyl (C=O) groups excluding carboxylic acids is 1. The summed E-state index contributed by atoms with van der Waals surface area (Å²) in [6, 6.07) is 11.0. The lowest BCUT2D eigenvalue weighted by Gasteiger charge is -2.08. The first-order chi connectivity index (χ1) is 10.2. The summed E-state index contributed by atoms with van der Waals surface area (Å²) in [5.74, 6) is 5.43. The first-order valence-corrected chi connectivity index (χ1v) is 6.39. The maximum Gasteiger partial charge on any atom is 0.266 e. The zero-order valence-corrected chi connectivity index (χ0v) is 11.7. The number of rotatable bonds is 6. The van der Waals surface area contributed by atoms with E-state index in [-0.39, 0.29) is 5.91 Å². The lowest BCUT2D eigenvalue weighted by atomic mass is 10.2.